The van der Waals surface area contributed by atoms with E-state index in [2.05, 4.69) is 23.9 Å². The van der Waals surface area contributed by atoms with Gasteiger partial charge in [0, 0.05) is 23.4 Å². The Bertz CT molecular complexity index is 873. The van der Waals surface area contributed by atoms with Gasteiger partial charge in [-0.25, -0.2) is 13.9 Å². The maximum atomic E-state index is 14.5. The number of hydrogen-bond donors (Lipinski definition) is 1. The van der Waals surface area contributed by atoms with Crippen molar-refractivity contribution in [2.24, 2.45) is 11.7 Å². The minimum atomic E-state index is -0.494. The third-order valence-electron chi connectivity index (χ3n) is 3.95. The SMILES string of the molecule is CC(C)C[C@](C)(N)COc1ccc(-c2ccnc3ccnn23)cc1F. The molecule has 3 aromatic rings. The van der Waals surface area contributed by atoms with Crippen molar-refractivity contribution in [2.75, 3.05) is 6.61 Å². The number of benzene rings is 1. The van der Waals surface area contributed by atoms with Gasteiger partial charge in [-0.1, -0.05) is 13.8 Å². The molecule has 1 atom stereocenters. The zero-order valence-corrected chi connectivity index (χ0v) is 14.7. The predicted molar refractivity (Wildman–Crippen MR) is 95.9 cm³/mol. The van der Waals surface area contributed by atoms with Gasteiger partial charge in [-0.15, -0.1) is 0 Å². The summed E-state index contributed by atoms with van der Waals surface area (Å²) in [6.07, 6.45) is 4.15. The topological polar surface area (TPSA) is 65.4 Å². The minimum absolute atomic E-state index is 0.204. The second-order valence-corrected chi connectivity index (χ2v) is 7.12. The van der Waals surface area contributed by atoms with Crippen molar-refractivity contribution in [1.29, 1.82) is 0 Å². The lowest BCUT2D eigenvalue weighted by atomic mass is 9.93. The number of hydrogen-bond acceptors (Lipinski definition) is 4. The van der Waals surface area contributed by atoms with E-state index in [1.165, 1.54) is 6.07 Å². The van der Waals surface area contributed by atoms with Crippen LogP contribution >= 0.6 is 0 Å². The Labute approximate surface area is 146 Å². The lowest BCUT2D eigenvalue weighted by Gasteiger charge is -2.26. The van der Waals surface area contributed by atoms with E-state index in [-0.39, 0.29) is 12.4 Å². The van der Waals surface area contributed by atoms with Gasteiger partial charge in [-0.05, 0) is 43.5 Å². The molecule has 0 fully saturated rings. The van der Waals surface area contributed by atoms with E-state index in [1.54, 1.807) is 35.1 Å². The lowest BCUT2D eigenvalue weighted by molar-refractivity contribution is 0.200. The summed E-state index contributed by atoms with van der Waals surface area (Å²) in [5.74, 6) is 0.235. The Morgan fingerprint density at radius 2 is 2.04 bits per heavy atom. The summed E-state index contributed by atoms with van der Waals surface area (Å²) >= 11 is 0. The second-order valence-electron chi connectivity index (χ2n) is 7.12. The largest absolute Gasteiger partial charge is 0.489 e. The van der Waals surface area contributed by atoms with Gasteiger partial charge in [-0.2, -0.15) is 5.10 Å². The molecule has 25 heavy (non-hydrogen) atoms. The molecule has 2 heterocycles. The molecule has 0 bridgehead atoms. The fourth-order valence-electron chi connectivity index (χ4n) is 3.06. The average Bonchev–Trinajstić information content (AvgIpc) is 3.01. The first kappa shape index (κ1) is 17.4. The van der Waals surface area contributed by atoms with Gasteiger partial charge < -0.3 is 10.5 Å². The smallest absolute Gasteiger partial charge is 0.165 e. The monoisotopic (exact) mass is 342 g/mol. The van der Waals surface area contributed by atoms with Crippen LogP contribution in [0.1, 0.15) is 27.2 Å². The first-order chi connectivity index (χ1) is 11.9. The molecule has 2 aromatic heterocycles. The van der Waals surface area contributed by atoms with Crippen molar-refractivity contribution in [3.8, 4) is 17.0 Å². The summed E-state index contributed by atoms with van der Waals surface area (Å²) < 4.78 is 21.8. The lowest BCUT2D eigenvalue weighted by Crippen LogP contribution is -2.43. The minimum Gasteiger partial charge on any atom is -0.489 e. The summed E-state index contributed by atoms with van der Waals surface area (Å²) in [5, 5.41) is 4.23. The molecule has 1 aromatic carbocycles. The maximum Gasteiger partial charge on any atom is 0.165 e. The average molecular weight is 342 g/mol. The first-order valence-electron chi connectivity index (χ1n) is 8.36. The molecule has 0 amide bonds. The van der Waals surface area contributed by atoms with Crippen LogP contribution in [0.4, 0.5) is 4.39 Å². The van der Waals surface area contributed by atoms with Crippen molar-refractivity contribution in [2.45, 2.75) is 32.7 Å². The molecule has 2 N–H and O–H groups in total. The highest BCUT2D eigenvalue weighted by atomic mass is 19.1. The number of rotatable bonds is 6. The van der Waals surface area contributed by atoms with Gasteiger partial charge in [0.25, 0.3) is 0 Å². The fourth-order valence-corrected chi connectivity index (χ4v) is 3.06. The molecule has 0 saturated heterocycles. The Morgan fingerprint density at radius 1 is 1.24 bits per heavy atom. The molecule has 0 aliphatic carbocycles. The summed E-state index contributed by atoms with van der Waals surface area (Å²) in [6.45, 7) is 6.39. The van der Waals surface area contributed by atoms with E-state index in [0.717, 1.165) is 12.1 Å². The van der Waals surface area contributed by atoms with Crippen LogP contribution in [0.15, 0.2) is 42.7 Å². The van der Waals surface area contributed by atoms with Gasteiger partial charge >= 0.3 is 0 Å². The van der Waals surface area contributed by atoms with Crippen LogP contribution in [0, 0.1) is 11.7 Å². The number of aromatic nitrogens is 3. The molecule has 0 saturated carbocycles. The van der Waals surface area contributed by atoms with E-state index in [9.17, 15) is 4.39 Å². The molecule has 0 spiro atoms. The Balaban J connectivity index is 1.81. The van der Waals surface area contributed by atoms with E-state index < -0.39 is 11.4 Å². The van der Waals surface area contributed by atoms with Crippen LogP contribution in [-0.4, -0.2) is 26.7 Å². The highest BCUT2D eigenvalue weighted by Gasteiger charge is 2.22. The zero-order valence-electron chi connectivity index (χ0n) is 14.7. The van der Waals surface area contributed by atoms with Gasteiger partial charge in [0.15, 0.2) is 17.2 Å². The van der Waals surface area contributed by atoms with Crippen LogP contribution in [-0.2, 0) is 0 Å². The van der Waals surface area contributed by atoms with E-state index >= 15 is 0 Å². The van der Waals surface area contributed by atoms with E-state index in [4.69, 9.17) is 10.5 Å². The van der Waals surface area contributed by atoms with Crippen molar-refractivity contribution >= 4 is 5.65 Å². The molecule has 0 aliphatic heterocycles. The summed E-state index contributed by atoms with van der Waals surface area (Å²) in [6, 6.07) is 8.49. The van der Waals surface area contributed by atoms with Gasteiger partial charge in [0.1, 0.15) is 6.61 Å². The third-order valence-corrected chi connectivity index (χ3v) is 3.95. The fraction of sp³-hybridized carbons (Fsp3) is 0.368. The van der Waals surface area contributed by atoms with Crippen LogP contribution in [0.3, 0.4) is 0 Å². The predicted octanol–water partition coefficient (Wildman–Crippen LogP) is 3.68. The van der Waals surface area contributed by atoms with Crippen molar-refractivity contribution in [1.82, 2.24) is 14.6 Å². The molecule has 0 radical (unpaired) electrons. The Kier molecular flexibility index (Phi) is 4.72. The van der Waals surface area contributed by atoms with Crippen molar-refractivity contribution < 1.29 is 9.13 Å². The summed E-state index contributed by atoms with van der Waals surface area (Å²) in [5.41, 5.74) is 7.91. The Morgan fingerprint density at radius 3 is 2.76 bits per heavy atom. The Hall–Kier alpha value is -2.47. The zero-order chi connectivity index (χ0) is 18.0. The second kappa shape index (κ2) is 6.80. The number of nitrogens with zero attached hydrogens (tertiary/aromatic N) is 3. The summed E-state index contributed by atoms with van der Waals surface area (Å²) in [7, 11) is 0. The van der Waals surface area contributed by atoms with Crippen LogP contribution in [0.5, 0.6) is 5.75 Å². The molecule has 132 valence electrons. The van der Waals surface area contributed by atoms with E-state index in [0.29, 0.717) is 17.1 Å². The number of ether oxygens (including phenoxy) is 1. The third kappa shape index (κ3) is 3.96. The molecule has 0 unspecified atom stereocenters. The number of nitrogens with two attached hydrogens (primary N) is 1. The molecule has 0 aliphatic rings. The number of halogens is 1. The van der Waals surface area contributed by atoms with Gasteiger partial charge in [0.2, 0.25) is 0 Å². The quantitative estimate of drug-likeness (QED) is 0.742. The van der Waals surface area contributed by atoms with Crippen LogP contribution in [0.25, 0.3) is 16.9 Å². The molecular weight excluding hydrogens is 319 g/mol. The van der Waals surface area contributed by atoms with E-state index in [1.807, 2.05) is 13.0 Å². The molecule has 3 rings (SSSR count). The molecular formula is C19H23FN4O. The number of fused-ring (bicyclic) bond motifs is 1. The standard InChI is InChI=1S/C19H23FN4O/c1-13(2)11-19(3,21)12-25-17-5-4-14(10-15(17)20)16-6-8-22-18-7-9-23-24(16)18/h4-10,13H,11-12,21H2,1-3H3/t19-/m0/s1. The highest BCUT2D eigenvalue weighted by molar-refractivity contribution is 5.63. The molecule has 5 nitrogen and oxygen atoms in total. The van der Waals surface area contributed by atoms with Gasteiger partial charge in [0.05, 0.1) is 11.9 Å². The van der Waals surface area contributed by atoms with Crippen molar-refractivity contribution in [3.05, 3.63) is 48.5 Å². The normalized spacial score (nSPS) is 14.0. The highest BCUT2D eigenvalue weighted by Crippen LogP contribution is 2.26. The molecule has 6 heteroatoms. The first-order valence-corrected chi connectivity index (χ1v) is 8.36. The maximum absolute atomic E-state index is 14.5. The van der Waals surface area contributed by atoms with Crippen LogP contribution < -0.4 is 10.5 Å². The van der Waals surface area contributed by atoms with Gasteiger partial charge in [-0.3, -0.25) is 0 Å². The summed E-state index contributed by atoms with van der Waals surface area (Å²) in [4.78, 5) is 4.22. The van der Waals surface area contributed by atoms with Crippen LogP contribution in [0.2, 0.25) is 0 Å². The van der Waals surface area contributed by atoms with Crippen molar-refractivity contribution in [3.63, 3.8) is 0 Å².